The molecule has 0 fully saturated rings. The second kappa shape index (κ2) is 6.21. The van der Waals surface area contributed by atoms with Crippen molar-refractivity contribution in [3.8, 4) is 0 Å². The predicted octanol–water partition coefficient (Wildman–Crippen LogP) is 3.16. The van der Waals surface area contributed by atoms with Gasteiger partial charge in [-0.25, -0.2) is 4.39 Å². The maximum Gasteiger partial charge on any atom is 0.419 e. The number of nitrogens with two attached hydrogens (primary N) is 1. The molecule has 0 spiro atoms. The van der Waals surface area contributed by atoms with Gasteiger partial charge in [0, 0.05) is 5.69 Å². The molecule has 112 valence electrons. The lowest BCUT2D eigenvalue weighted by Gasteiger charge is -2.15. The van der Waals surface area contributed by atoms with Gasteiger partial charge < -0.3 is 11.1 Å². The number of carbonyl (C=O) groups is 1. The lowest BCUT2D eigenvalue weighted by molar-refractivity contribution is -0.140. The molecule has 20 heavy (non-hydrogen) atoms. The molecule has 0 aromatic heterocycles. The van der Waals surface area contributed by atoms with Gasteiger partial charge in [-0.1, -0.05) is 13.8 Å². The largest absolute Gasteiger partial charge is 0.419 e. The SMILES string of the molecule is CC(C)CC(N)C(=O)Nc1ccc(F)c(C(F)(F)F)c1. The second-order valence-electron chi connectivity index (χ2n) is 4.92. The molecule has 1 atom stereocenters. The minimum Gasteiger partial charge on any atom is -0.325 e. The number of alkyl halides is 3. The summed E-state index contributed by atoms with van der Waals surface area (Å²) in [6.45, 7) is 3.74. The first-order chi connectivity index (χ1) is 9.11. The van der Waals surface area contributed by atoms with E-state index < -0.39 is 29.5 Å². The quantitative estimate of drug-likeness (QED) is 0.838. The van der Waals surface area contributed by atoms with Crippen LogP contribution in [0.5, 0.6) is 0 Å². The molecule has 0 saturated carbocycles. The molecule has 0 aliphatic rings. The van der Waals surface area contributed by atoms with Crippen LogP contribution in [0.4, 0.5) is 23.2 Å². The highest BCUT2D eigenvalue weighted by atomic mass is 19.4. The van der Waals surface area contributed by atoms with E-state index >= 15 is 0 Å². The number of amides is 1. The van der Waals surface area contributed by atoms with Gasteiger partial charge in [0.05, 0.1) is 11.6 Å². The highest BCUT2D eigenvalue weighted by Crippen LogP contribution is 2.33. The van der Waals surface area contributed by atoms with Crippen LogP contribution < -0.4 is 11.1 Å². The summed E-state index contributed by atoms with van der Waals surface area (Å²) in [6.07, 6.45) is -4.41. The minimum atomic E-state index is -4.81. The highest BCUT2D eigenvalue weighted by molar-refractivity contribution is 5.94. The zero-order valence-corrected chi connectivity index (χ0v) is 11.1. The van der Waals surface area contributed by atoms with Crippen LogP contribution in [0.3, 0.4) is 0 Å². The Labute approximate surface area is 114 Å². The van der Waals surface area contributed by atoms with E-state index in [2.05, 4.69) is 5.32 Å². The second-order valence-corrected chi connectivity index (χ2v) is 4.92. The molecule has 0 saturated heterocycles. The van der Waals surface area contributed by atoms with Gasteiger partial charge in [0.25, 0.3) is 0 Å². The molecule has 1 amide bonds. The van der Waals surface area contributed by atoms with Gasteiger partial charge in [-0.2, -0.15) is 13.2 Å². The molecule has 0 radical (unpaired) electrons. The van der Waals surface area contributed by atoms with Crippen molar-refractivity contribution in [1.29, 1.82) is 0 Å². The van der Waals surface area contributed by atoms with E-state index in [1.54, 1.807) is 0 Å². The van der Waals surface area contributed by atoms with Crippen LogP contribution in [0.15, 0.2) is 18.2 Å². The Morgan fingerprint density at radius 1 is 1.35 bits per heavy atom. The van der Waals surface area contributed by atoms with Crippen LogP contribution >= 0.6 is 0 Å². The van der Waals surface area contributed by atoms with Crippen molar-refractivity contribution in [2.75, 3.05) is 5.32 Å². The maximum atomic E-state index is 13.1. The number of benzene rings is 1. The van der Waals surface area contributed by atoms with Crippen LogP contribution in [0.2, 0.25) is 0 Å². The summed E-state index contributed by atoms with van der Waals surface area (Å²) in [5.41, 5.74) is 4.05. The van der Waals surface area contributed by atoms with Gasteiger partial charge in [0.2, 0.25) is 5.91 Å². The Morgan fingerprint density at radius 3 is 2.45 bits per heavy atom. The predicted molar refractivity (Wildman–Crippen MR) is 67.5 cm³/mol. The monoisotopic (exact) mass is 292 g/mol. The molecule has 1 rings (SSSR count). The Morgan fingerprint density at radius 2 is 1.95 bits per heavy atom. The molecule has 0 bridgehead atoms. The zero-order valence-electron chi connectivity index (χ0n) is 11.1. The molecule has 0 aliphatic heterocycles. The number of anilines is 1. The highest BCUT2D eigenvalue weighted by Gasteiger charge is 2.34. The van der Waals surface area contributed by atoms with E-state index in [0.717, 1.165) is 6.07 Å². The molecule has 0 aliphatic carbocycles. The van der Waals surface area contributed by atoms with Gasteiger partial charge in [-0.15, -0.1) is 0 Å². The molecular weight excluding hydrogens is 276 g/mol. The minimum absolute atomic E-state index is 0.136. The van der Waals surface area contributed by atoms with Crippen molar-refractivity contribution in [2.45, 2.75) is 32.5 Å². The zero-order chi connectivity index (χ0) is 15.5. The summed E-state index contributed by atoms with van der Waals surface area (Å²) in [5.74, 6) is -1.81. The number of carbonyl (C=O) groups excluding carboxylic acids is 1. The molecular formula is C13H16F4N2O. The number of rotatable bonds is 4. The van der Waals surface area contributed by atoms with E-state index in [0.29, 0.717) is 18.6 Å². The van der Waals surface area contributed by atoms with Gasteiger partial charge in [-0.3, -0.25) is 4.79 Å². The molecule has 7 heteroatoms. The van der Waals surface area contributed by atoms with Crippen molar-refractivity contribution < 1.29 is 22.4 Å². The van der Waals surface area contributed by atoms with Crippen molar-refractivity contribution >= 4 is 11.6 Å². The van der Waals surface area contributed by atoms with Crippen LogP contribution in [-0.4, -0.2) is 11.9 Å². The average Bonchev–Trinajstić information content (AvgIpc) is 2.29. The molecule has 0 heterocycles. The molecule has 1 aromatic rings. The van der Waals surface area contributed by atoms with E-state index in [4.69, 9.17) is 5.73 Å². The summed E-state index contributed by atoms with van der Waals surface area (Å²) >= 11 is 0. The summed E-state index contributed by atoms with van der Waals surface area (Å²) in [5, 5.41) is 2.26. The molecule has 1 aromatic carbocycles. The number of hydrogen-bond donors (Lipinski definition) is 2. The van der Waals surface area contributed by atoms with Crippen LogP contribution in [0, 0.1) is 11.7 Å². The number of hydrogen-bond acceptors (Lipinski definition) is 2. The van der Waals surface area contributed by atoms with Crippen LogP contribution in [0.1, 0.15) is 25.8 Å². The summed E-state index contributed by atoms with van der Waals surface area (Å²) in [6, 6.07) is 1.45. The molecule has 1 unspecified atom stereocenters. The van der Waals surface area contributed by atoms with Crippen molar-refractivity contribution in [3.05, 3.63) is 29.6 Å². The molecule has 3 N–H and O–H groups in total. The van der Waals surface area contributed by atoms with Gasteiger partial charge in [0.15, 0.2) is 0 Å². The van der Waals surface area contributed by atoms with Crippen LogP contribution in [-0.2, 0) is 11.0 Å². The first-order valence-electron chi connectivity index (χ1n) is 6.04. The number of nitrogens with one attached hydrogen (secondary N) is 1. The van der Waals surface area contributed by atoms with Crippen molar-refractivity contribution in [1.82, 2.24) is 0 Å². The smallest absolute Gasteiger partial charge is 0.325 e. The first-order valence-corrected chi connectivity index (χ1v) is 6.04. The average molecular weight is 292 g/mol. The summed E-state index contributed by atoms with van der Waals surface area (Å²) < 4.78 is 50.6. The third kappa shape index (κ3) is 4.48. The van der Waals surface area contributed by atoms with Crippen molar-refractivity contribution in [2.24, 2.45) is 11.7 Å². The van der Waals surface area contributed by atoms with E-state index in [1.807, 2.05) is 13.8 Å². The van der Waals surface area contributed by atoms with Gasteiger partial charge in [-0.05, 0) is 30.5 Å². The summed E-state index contributed by atoms with van der Waals surface area (Å²) in [7, 11) is 0. The molecule has 3 nitrogen and oxygen atoms in total. The normalized spacial score (nSPS) is 13.4. The Hall–Kier alpha value is -1.63. The Kier molecular flexibility index (Phi) is 5.10. The Bertz CT molecular complexity index is 486. The standard InChI is InChI=1S/C13H16F4N2O/c1-7(2)5-11(18)12(20)19-8-3-4-10(14)9(6-8)13(15,16)17/h3-4,6-7,11H,5,18H2,1-2H3,(H,19,20). The summed E-state index contributed by atoms with van der Waals surface area (Å²) in [4.78, 5) is 11.7. The Balaban J connectivity index is 2.86. The fraction of sp³-hybridized carbons (Fsp3) is 0.462. The fourth-order valence-electron chi connectivity index (χ4n) is 1.67. The van der Waals surface area contributed by atoms with E-state index in [9.17, 15) is 22.4 Å². The maximum absolute atomic E-state index is 13.1. The number of halogens is 4. The van der Waals surface area contributed by atoms with Crippen LogP contribution in [0.25, 0.3) is 0 Å². The van der Waals surface area contributed by atoms with E-state index in [1.165, 1.54) is 0 Å². The van der Waals surface area contributed by atoms with E-state index in [-0.39, 0.29) is 11.6 Å². The lowest BCUT2D eigenvalue weighted by atomic mass is 10.0. The fourth-order valence-corrected chi connectivity index (χ4v) is 1.67. The van der Waals surface area contributed by atoms with Crippen molar-refractivity contribution in [3.63, 3.8) is 0 Å². The van der Waals surface area contributed by atoms with Gasteiger partial charge in [0.1, 0.15) is 5.82 Å². The van der Waals surface area contributed by atoms with Gasteiger partial charge >= 0.3 is 6.18 Å². The first kappa shape index (κ1) is 16.4. The third-order valence-corrected chi connectivity index (χ3v) is 2.60. The topological polar surface area (TPSA) is 55.1 Å². The third-order valence-electron chi connectivity index (χ3n) is 2.60. The lowest BCUT2D eigenvalue weighted by Crippen LogP contribution is -2.36.